The van der Waals surface area contributed by atoms with Gasteiger partial charge in [-0.25, -0.2) is 4.39 Å². The summed E-state index contributed by atoms with van der Waals surface area (Å²) in [5, 5.41) is 7.24. The van der Waals surface area contributed by atoms with Crippen molar-refractivity contribution < 1.29 is 13.7 Å². The van der Waals surface area contributed by atoms with E-state index in [0.717, 1.165) is 44.3 Å². The first-order chi connectivity index (χ1) is 13.7. The average Bonchev–Trinajstić information content (AvgIpc) is 3.18. The number of nitrogens with zero attached hydrogens (tertiary/aromatic N) is 3. The van der Waals surface area contributed by atoms with Crippen molar-refractivity contribution >= 4 is 5.91 Å². The molecule has 1 N–H and O–H groups in total. The lowest BCUT2D eigenvalue weighted by Crippen LogP contribution is -2.44. The molecule has 1 aliphatic heterocycles. The van der Waals surface area contributed by atoms with Crippen molar-refractivity contribution in [3.05, 3.63) is 36.0 Å². The lowest BCUT2D eigenvalue weighted by atomic mass is 9.92. The van der Waals surface area contributed by atoms with Gasteiger partial charge in [-0.15, -0.1) is 0 Å². The van der Waals surface area contributed by atoms with E-state index in [2.05, 4.69) is 20.4 Å². The summed E-state index contributed by atoms with van der Waals surface area (Å²) < 4.78 is 18.4. The normalized spacial score (nSPS) is 19.6. The van der Waals surface area contributed by atoms with E-state index in [1.54, 1.807) is 12.1 Å². The number of halogens is 1. The van der Waals surface area contributed by atoms with Gasteiger partial charge in [-0.1, -0.05) is 24.4 Å². The Morgan fingerprint density at radius 1 is 1.11 bits per heavy atom. The van der Waals surface area contributed by atoms with Gasteiger partial charge in [-0.05, 0) is 63.0 Å². The molecule has 6 nitrogen and oxygen atoms in total. The molecule has 1 amide bonds. The molecule has 1 saturated heterocycles. The van der Waals surface area contributed by atoms with Crippen LogP contribution in [0.3, 0.4) is 0 Å². The number of aromatic nitrogens is 2. The minimum atomic E-state index is -0.289. The summed E-state index contributed by atoms with van der Waals surface area (Å²) in [4.78, 5) is 19.2. The number of rotatable bonds is 5. The molecule has 0 unspecified atom stereocenters. The average molecular weight is 386 g/mol. The van der Waals surface area contributed by atoms with Gasteiger partial charge < -0.3 is 9.84 Å². The van der Waals surface area contributed by atoms with E-state index in [1.807, 2.05) is 0 Å². The molecule has 28 heavy (non-hydrogen) atoms. The number of piperidine rings is 1. The third-order valence-corrected chi connectivity index (χ3v) is 5.84. The Balaban J connectivity index is 1.25. The van der Waals surface area contributed by atoms with E-state index < -0.39 is 0 Å². The molecule has 0 spiro atoms. The van der Waals surface area contributed by atoms with Gasteiger partial charge in [0.25, 0.3) is 0 Å². The van der Waals surface area contributed by atoms with Crippen LogP contribution in [0.15, 0.2) is 28.8 Å². The van der Waals surface area contributed by atoms with Crippen molar-refractivity contribution in [2.45, 2.75) is 57.5 Å². The zero-order valence-corrected chi connectivity index (χ0v) is 16.1. The van der Waals surface area contributed by atoms with Crippen LogP contribution < -0.4 is 5.32 Å². The van der Waals surface area contributed by atoms with Gasteiger partial charge in [0, 0.05) is 17.5 Å². The second-order valence-electron chi connectivity index (χ2n) is 7.91. The Bertz CT molecular complexity index is 778. The zero-order chi connectivity index (χ0) is 19.3. The van der Waals surface area contributed by atoms with Gasteiger partial charge in [0.2, 0.25) is 17.6 Å². The maximum Gasteiger partial charge on any atom is 0.241 e. The van der Waals surface area contributed by atoms with Crippen LogP contribution in [0, 0.1) is 11.7 Å². The summed E-state index contributed by atoms with van der Waals surface area (Å²) in [6, 6.07) is 6.42. The van der Waals surface area contributed by atoms with Gasteiger partial charge in [-0.3, -0.25) is 9.69 Å². The van der Waals surface area contributed by atoms with E-state index in [9.17, 15) is 9.18 Å². The molecule has 1 aromatic heterocycles. The number of carbonyl (C=O) groups is 1. The number of amides is 1. The summed E-state index contributed by atoms with van der Waals surface area (Å²) >= 11 is 0. The minimum absolute atomic E-state index is 0.107. The molecule has 2 heterocycles. The Morgan fingerprint density at radius 2 is 1.82 bits per heavy atom. The molecule has 0 atom stereocenters. The highest BCUT2D eigenvalue weighted by Crippen LogP contribution is 2.23. The number of benzene rings is 1. The lowest BCUT2D eigenvalue weighted by molar-refractivity contribution is -0.127. The smallest absolute Gasteiger partial charge is 0.241 e. The maximum absolute atomic E-state index is 13.0. The van der Waals surface area contributed by atoms with Crippen molar-refractivity contribution in [3.8, 4) is 11.4 Å². The highest BCUT2D eigenvalue weighted by atomic mass is 19.1. The Hall–Kier alpha value is -2.28. The summed E-state index contributed by atoms with van der Waals surface area (Å²) in [5.74, 6) is 1.06. The zero-order valence-electron chi connectivity index (χ0n) is 16.1. The molecule has 150 valence electrons. The fraction of sp³-hybridized carbons (Fsp3) is 0.571. The van der Waals surface area contributed by atoms with Crippen LogP contribution in [-0.2, 0) is 11.3 Å². The van der Waals surface area contributed by atoms with Crippen molar-refractivity contribution in [1.29, 1.82) is 0 Å². The number of likely N-dealkylation sites (tertiary alicyclic amines) is 1. The summed E-state index contributed by atoms with van der Waals surface area (Å²) in [7, 11) is 0. The fourth-order valence-electron chi connectivity index (χ4n) is 4.15. The molecular formula is C21H27FN4O2. The second-order valence-corrected chi connectivity index (χ2v) is 7.91. The molecule has 1 saturated carbocycles. The van der Waals surface area contributed by atoms with Gasteiger partial charge in [0.1, 0.15) is 5.82 Å². The molecular weight excluding hydrogens is 359 g/mol. The highest BCUT2D eigenvalue weighted by Gasteiger charge is 2.27. The largest absolute Gasteiger partial charge is 0.353 e. The van der Waals surface area contributed by atoms with Gasteiger partial charge >= 0.3 is 0 Å². The van der Waals surface area contributed by atoms with Crippen LogP contribution in [0.25, 0.3) is 11.4 Å². The molecule has 2 aliphatic rings. The van der Waals surface area contributed by atoms with Crippen LogP contribution in [0.2, 0.25) is 0 Å². The van der Waals surface area contributed by atoms with Crippen LogP contribution in [0.4, 0.5) is 4.39 Å². The number of hydrogen-bond acceptors (Lipinski definition) is 5. The predicted octanol–water partition coefficient (Wildman–Crippen LogP) is 3.54. The number of carbonyl (C=O) groups excluding carboxylic acids is 1. The van der Waals surface area contributed by atoms with E-state index in [-0.39, 0.29) is 17.6 Å². The van der Waals surface area contributed by atoms with Crippen molar-refractivity contribution in [2.24, 2.45) is 5.92 Å². The molecule has 4 rings (SSSR count). The Kier molecular flexibility index (Phi) is 6.00. The monoisotopic (exact) mass is 386 g/mol. The fourth-order valence-corrected chi connectivity index (χ4v) is 4.15. The summed E-state index contributed by atoms with van der Waals surface area (Å²) in [6.45, 7) is 2.26. The maximum atomic E-state index is 13.0. The van der Waals surface area contributed by atoms with Crippen LogP contribution in [0.1, 0.15) is 50.8 Å². The molecule has 0 radical (unpaired) electrons. The molecule has 2 fully saturated rings. The molecule has 2 aromatic rings. The number of nitrogens with one attached hydrogen (secondary N) is 1. The van der Waals surface area contributed by atoms with Crippen molar-refractivity contribution in [1.82, 2.24) is 20.4 Å². The van der Waals surface area contributed by atoms with Gasteiger partial charge in [-0.2, -0.15) is 4.98 Å². The summed E-state index contributed by atoms with van der Waals surface area (Å²) in [5.41, 5.74) is 0.731. The third kappa shape index (κ3) is 4.76. The molecule has 0 bridgehead atoms. The second kappa shape index (κ2) is 8.82. The molecule has 1 aliphatic carbocycles. The minimum Gasteiger partial charge on any atom is -0.353 e. The third-order valence-electron chi connectivity index (χ3n) is 5.84. The highest BCUT2D eigenvalue weighted by molar-refractivity contribution is 5.79. The van der Waals surface area contributed by atoms with Gasteiger partial charge in [0.05, 0.1) is 6.54 Å². The Labute approximate surface area is 164 Å². The van der Waals surface area contributed by atoms with Crippen molar-refractivity contribution in [2.75, 3.05) is 13.1 Å². The van der Waals surface area contributed by atoms with Crippen LogP contribution >= 0.6 is 0 Å². The first-order valence-corrected chi connectivity index (χ1v) is 10.3. The quantitative estimate of drug-likeness (QED) is 0.851. The topological polar surface area (TPSA) is 71.3 Å². The first-order valence-electron chi connectivity index (χ1n) is 10.3. The Morgan fingerprint density at radius 3 is 2.54 bits per heavy atom. The van der Waals surface area contributed by atoms with E-state index in [0.29, 0.717) is 24.3 Å². The van der Waals surface area contributed by atoms with E-state index in [1.165, 1.54) is 31.4 Å². The van der Waals surface area contributed by atoms with E-state index in [4.69, 9.17) is 4.52 Å². The number of hydrogen-bond donors (Lipinski definition) is 1. The summed E-state index contributed by atoms with van der Waals surface area (Å²) in [6.07, 6.45) is 7.72. The lowest BCUT2D eigenvalue weighted by Gasteiger charge is -2.32. The predicted molar refractivity (Wildman–Crippen MR) is 103 cm³/mol. The van der Waals surface area contributed by atoms with E-state index >= 15 is 0 Å². The molecule has 1 aromatic carbocycles. The van der Waals surface area contributed by atoms with Crippen molar-refractivity contribution in [3.63, 3.8) is 0 Å². The van der Waals surface area contributed by atoms with Crippen LogP contribution in [0.5, 0.6) is 0 Å². The van der Waals surface area contributed by atoms with Crippen LogP contribution in [-0.4, -0.2) is 40.1 Å². The standard InChI is InChI=1S/C21H27FN4O2/c22-17-8-6-15(7-9-17)20-24-19(28-25-20)14-26-12-10-16(11-13-26)21(27)23-18-4-2-1-3-5-18/h6-9,16,18H,1-5,10-14H2,(H,23,27). The SMILES string of the molecule is O=C(NC1CCCCC1)C1CCN(Cc2nc(-c3ccc(F)cc3)no2)CC1. The molecule has 7 heteroatoms. The van der Waals surface area contributed by atoms with Gasteiger partial charge in [0.15, 0.2) is 0 Å². The first kappa shape index (κ1) is 19.1.